The number of carbonyl (C=O) groups excluding carboxylic acids is 1. The smallest absolute Gasteiger partial charge is 0.493 e. The van der Waals surface area contributed by atoms with E-state index in [0.29, 0.717) is 17.4 Å². The highest BCUT2D eigenvalue weighted by molar-refractivity contribution is 9.10. The molecule has 0 radical (unpaired) electrons. The van der Waals surface area contributed by atoms with Gasteiger partial charge in [0.1, 0.15) is 11.5 Å². The fraction of sp³-hybridized carbons (Fsp3) is 0.188. The largest absolute Gasteiger partial charge is 0.573 e. The van der Waals surface area contributed by atoms with Crippen LogP contribution in [0.3, 0.4) is 0 Å². The van der Waals surface area contributed by atoms with Gasteiger partial charge >= 0.3 is 6.36 Å². The Morgan fingerprint density at radius 3 is 2.33 bits per heavy atom. The lowest BCUT2D eigenvalue weighted by Crippen LogP contribution is -2.17. The van der Waals surface area contributed by atoms with Crippen LogP contribution in [0.4, 0.5) is 13.2 Å². The minimum atomic E-state index is -4.80. The maximum absolute atomic E-state index is 12.3. The molecule has 4 nitrogen and oxygen atoms in total. The summed E-state index contributed by atoms with van der Waals surface area (Å²) in [5.41, 5.74) is 1.00. The molecule has 0 N–H and O–H groups in total. The second-order valence-corrected chi connectivity index (χ2v) is 5.52. The first kappa shape index (κ1) is 18.1. The molecule has 0 saturated carbocycles. The molecule has 2 rings (SSSR count). The Balaban J connectivity index is 2.37. The van der Waals surface area contributed by atoms with E-state index in [0.717, 1.165) is 16.6 Å². The molecule has 0 unspecified atom stereocenters. The first-order chi connectivity index (χ1) is 11.2. The molecule has 0 aliphatic heterocycles. The summed E-state index contributed by atoms with van der Waals surface area (Å²) in [6, 6.07) is 6.68. The summed E-state index contributed by atoms with van der Waals surface area (Å²) in [7, 11) is 1.28. The average Bonchev–Trinajstić information content (AvgIpc) is 2.51. The van der Waals surface area contributed by atoms with Crippen molar-refractivity contribution in [3.63, 3.8) is 0 Å². The third-order valence-electron chi connectivity index (χ3n) is 3.12. The number of aldehydes is 1. The van der Waals surface area contributed by atoms with Gasteiger partial charge in [-0.15, -0.1) is 13.2 Å². The number of methoxy groups -OCH3 is 1. The molecule has 0 heterocycles. The Labute approximate surface area is 144 Å². The fourth-order valence-electron chi connectivity index (χ4n) is 1.96. The van der Waals surface area contributed by atoms with E-state index in [1.165, 1.54) is 13.2 Å². The maximum Gasteiger partial charge on any atom is 0.573 e. The highest BCUT2D eigenvalue weighted by atomic mass is 79.9. The number of ether oxygens (including phenoxy) is 3. The predicted molar refractivity (Wildman–Crippen MR) is 84.0 cm³/mol. The number of rotatable bonds is 5. The molecular weight excluding hydrogens is 393 g/mol. The molecular formula is C16H12BrF3O4. The van der Waals surface area contributed by atoms with Crippen molar-refractivity contribution < 1.29 is 32.2 Å². The topological polar surface area (TPSA) is 44.8 Å². The van der Waals surface area contributed by atoms with Crippen LogP contribution in [0.1, 0.15) is 15.9 Å². The molecule has 0 aliphatic rings. The van der Waals surface area contributed by atoms with E-state index in [4.69, 9.17) is 9.47 Å². The molecule has 2 aromatic carbocycles. The van der Waals surface area contributed by atoms with Crippen LogP contribution in [-0.2, 0) is 0 Å². The number of carbonyl (C=O) groups is 1. The van der Waals surface area contributed by atoms with Crippen LogP contribution in [0.25, 0.3) is 0 Å². The van der Waals surface area contributed by atoms with Crippen molar-refractivity contribution in [2.45, 2.75) is 13.3 Å². The summed E-state index contributed by atoms with van der Waals surface area (Å²) >= 11 is 3.31. The highest BCUT2D eigenvalue weighted by Gasteiger charge is 2.31. The zero-order valence-corrected chi connectivity index (χ0v) is 14.2. The lowest BCUT2D eigenvalue weighted by Gasteiger charge is -2.15. The molecule has 0 aliphatic carbocycles. The fourth-order valence-corrected chi connectivity index (χ4v) is 2.31. The molecule has 128 valence electrons. The van der Waals surface area contributed by atoms with Gasteiger partial charge in [0, 0.05) is 10.5 Å². The standard InChI is InChI=1S/C16H12BrF3O4/c1-9-11(8-21)13(6-4-12(9)17)23-14-5-3-10(7-15(14)22-2)24-16(18,19)20/h3-8H,1-2H3. The quantitative estimate of drug-likeness (QED) is 0.636. The molecule has 8 heteroatoms. The van der Waals surface area contributed by atoms with Gasteiger partial charge in [0.2, 0.25) is 0 Å². The molecule has 0 aromatic heterocycles. The predicted octanol–water partition coefficient (Wildman–Crippen LogP) is 5.27. The summed E-state index contributed by atoms with van der Waals surface area (Å²) in [6.45, 7) is 1.73. The average molecular weight is 405 g/mol. The van der Waals surface area contributed by atoms with Gasteiger partial charge in [0.15, 0.2) is 17.8 Å². The van der Waals surface area contributed by atoms with Crippen molar-refractivity contribution in [1.29, 1.82) is 0 Å². The number of alkyl halides is 3. The monoisotopic (exact) mass is 404 g/mol. The Morgan fingerprint density at radius 1 is 1.08 bits per heavy atom. The molecule has 24 heavy (non-hydrogen) atoms. The summed E-state index contributed by atoms with van der Waals surface area (Å²) in [5.74, 6) is 0.00815. The molecule has 0 fully saturated rings. The van der Waals surface area contributed by atoms with Gasteiger partial charge in [-0.25, -0.2) is 0 Å². The van der Waals surface area contributed by atoms with Gasteiger partial charge in [-0.05, 0) is 36.8 Å². The van der Waals surface area contributed by atoms with Crippen LogP contribution < -0.4 is 14.2 Å². The molecule has 0 spiro atoms. The maximum atomic E-state index is 12.3. The number of hydrogen-bond acceptors (Lipinski definition) is 4. The number of halogens is 4. The van der Waals surface area contributed by atoms with Crippen LogP contribution in [0.15, 0.2) is 34.8 Å². The lowest BCUT2D eigenvalue weighted by atomic mass is 10.1. The molecule has 0 atom stereocenters. The SMILES string of the molecule is COc1cc(OC(F)(F)F)ccc1Oc1ccc(Br)c(C)c1C=O. The van der Waals surface area contributed by atoms with Gasteiger partial charge < -0.3 is 14.2 Å². The van der Waals surface area contributed by atoms with Gasteiger partial charge in [0.05, 0.1) is 12.7 Å². The molecule has 0 bridgehead atoms. The summed E-state index contributed by atoms with van der Waals surface area (Å²) in [4.78, 5) is 11.3. The summed E-state index contributed by atoms with van der Waals surface area (Å²) < 4.78 is 52.0. The Hall–Kier alpha value is -2.22. The van der Waals surface area contributed by atoms with Crippen molar-refractivity contribution in [2.24, 2.45) is 0 Å². The molecule has 0 saturated heterocycles. The van der Waals surface area contributed by atoms with E-state index >= 15 is 0 Å². The Bertz CT molecular complexity index is 760. The van der Waals surface area contributed by atoms with E-state index in [1.54, 1.807) is 19.1 Å². The molecule has 2 aromatic rings. The van der Waals surface area contributed by atoms with Crippen molar-refractivity contribution in [1.82, 2.24) is 0 Å². The van der Waals surface area contributed by atoms with Gasteiger partial charge in [-0.1, -0.05) is 15.9 Å². The Kier molecular flexibility index (Phi) is 5.38. The zero-order valence-electron chi connectivity index (χ0n) is 12.6. The van der Waals surface area contributed by atoms with E-state index in [2.05, 4.69) is 20.7 Å². The minimum Gasteiger partial charge on any atom is -0.493 e. The van der Waals surface area contributed by atoms with Crippen LogP contribution in [-0.4, -0.2) is 19.8 Å². The van der Waals surface area contributed by atoms with Crippen molar-refractivity contribution in [2.75, 3.05) is 7.11 Å². The van der Waals surface area contributed by atoms with Crippen LogP contribution in [0.5, 0.6) is 23.0 Å². The van der Waals surface area contributed by atoms with Crippen molar-refractivity contribution in [3.8, 4) is 23.0 Å². The van der Waals surface area contributed by atoms with Crippen LogP contribution in [0, 0.1) is 6.92 Å². The number of benzene rings is 2. The van der Waals surface area contributed by atoms with Gasteiger partial charge in [-0.2, -0.15) is 0 Å². The second kappa shape index (κ2) is 7.12. The highest BCUT2D eigenvalue weighted by Crippen LogP contribution is 2.38. The van der Waals surface area contributed by atoms with Crippen molar-refractivity contribution >= 4 is 22.2 Å². The third-order valence-corrected chi connectivity index (χ3v) is 3.97. The summed E-state index contributed by atoms with van der Waals surface area (Å²) in [5, 5.41) is 0. The van der Waals surface area contributed by atoms with E-state index < -0.39 is 12.1 Å². The minimum absolute atomic E-state index is 0.0363. The normalized spacial score (nSPS) is 11.1. The second-order valence-electron chi connectivity index (χ2n) is 4.66. The first-order valence-corrected chi connectivity index (χ1v) is 7.40. The van der Waals surface area contributed by atoms with Gasteiger partial charge in [-0.3, -0.25) is 4.79 Å². The lowest BCUT2D eigenvalue weighted by molar-refractivity contribution is -0.274. The van der Waals surface area contributed by atoms with E-state index in [-0.39, 0.29) is 17.2 Å². The van der Waals surface area contributed by atoms with Gasteiger partial charge in [0.25, 0.3) is 0 Å². The number of hydrogen-bond donors (Lipinski definition) is 0. The molecule has 0 amide bonds. The zero-order chi connectivity index (χ0) is 17.9. The van der Waals surface area contributed by atoms with Crippen LogP contribution >= 0.6 is 15.9 Å². The van der Waals surface area contributed by atoms with Crippen LogP contribution in [0.2, 0.25) is 0 Å². The third kappa shape index (κ3) is 4.19. The Morgan fingerprint density at radius 2 is 1.75 bits per heavy atom. The first-order valence-electron chi connectivity index (χ1n) is 6.61. The van der Waals surface area contributed by atoms with Crippen molar-refractivity contribution in [3.05, 3.63) is 45.9 Å². The van der Waals surface area contributed by atoms with E-state index in [1.807, 2.05) is 0 Å². The summed E-state index contributed by atoms with van der Waals surface area (Å²) in [6.07, 6.45) is -4.16. The van der Waals surface area contributed by atoms with E-state index in [9.17, 15) is 18.0 Å².